The fourth-order valence-corrected chi connectivity index (χ4v) is 3.69. The van der Waals surface area contributed by atoms with Gasteiger partial charge in [-0.05, 0) is 31.2 Å². The van der Waals surface area contributed by atoms with E-state index in [4.69, 9.17) is 4.42 Å². The molecule has 1 aliphatic heterocycles. The van der Waals surface area contributed by atoms with Crippen LogP contribution in [0.4, 0.5) is 0 Å². The van der Waals surface area contributed by atoms with Gasteiger partial charge in [-0.3, -0.25) is 9.59 Å². The number of benzene rings is 1. The Bertz CT molecular complexity index is 804. The van der Waals surface area contributed by atoms with E-state index in [2.05, 4.69) is 4.98 Å². The molecule has 1 saturated heterocycles. The van der Waals surface area contributed by atoms with Crippen LogP contribution in [0.2, 0.25) is 0 Å². The molecule has 2 aromatic rings. The highest BCUT2D eigenvalue weighted by Gasteiger charge is 2.49. The highest BCUT2D eigenvalue weighted by molar-refractivity contribution is 5.92. The molecule has 0 bridgehead atoms. The molecule has 0 saturated carbocycles. The summed E-state index contributed by atoms with van der Waals surface area (Å²) in [6, 6.07) is 9.80. The predicted molar refractivity (Wildman–Crippen MR) is 97.2 cm³/mol. The van der Waals surface area contributed by atoms with Crippen molar-refractivity contribution in [2.24, 2.45) is 5.41 Å². The van der Waals surface area contributed by atoms with E-state index in [1.165, 1.54) is 11.2 Å². The van der Waals surface area contributed by atoms with Crippen molar-refractivity contribution in [1.82, 2.24) is 9.88 Å². The first-order valence-corrected chi connectivity index (χ1v) is 9.09. The maximum Gasteiger partial charge on any atom is 0.314 e. The van der Waals surface area contributed by atoms with Crippen LogP contribution in [0.5, 0.6) is 0 Å². The second-order valence-electron chi connectivity index (χ2n) is 7.08. The average molecular weight is 372 g/mol. The fourth-order valence-electron chi connectivity index (χ4n) is 3.69. The molecule has 1 aromatic carbocycles. The first kappa shape index (κ1) is 19.1. The number of aryl methyl sites for hydroxylation is 2. The van der Waals surface area contributed by atoms with E-state index in [-0.39, 0.29) is 24.6 Å². The van der Waals surface area contributed by atoms with Gasteiger partial charge in [0.1, 0.15) is 11.7 Å². The van der Waals surface area contributed by atoms with Crippen molar-refractivity contribution in [3.05, 3.63) is 53.7 Å². The number of piperidine rings is 1. The molecule has 7 heteroatoms. The van der Waals surface area contributed by atoms with E-state index in [9.17, 15) is 19.8 Å². The Kier molecular flexibility index (Phi) is 5.60. The maximum atomic E-state index is 12.7. The Morgan fingerprint density at radius 3 is 2.70 bits per heavy atom. The van der Waals surface area contributed by atoms with Gasteiger partial charge in [-0.15, -0.1) is 0 Å². The van der Waals surface area contributed by atoms with Gasteiger partial charge in [0.15, 0.2) is 11.6 Å². The molecule has 1 fully saturated rings. The summed E-state index contributed by atoms with van der Waals surface area (Å²) in [4.78, 5) is 30.3. The minimum Gasteiger partial charge on any atom is -0.481 e. The summed E-state index contributed by atoms with van der Waals surface area (Å²) >= 11 is 0. The van der Waals surface area contributed by atoms with Crippen molar-refractivity contribution in [2.45, 2.75) is 38.7 Å². The molecular weight excluding hydrogens is 348 g/mol. The summed E-state index contributed by atoms with van der Waals surface area (Å²) in [5.74, 6) is -1.06. The molecule has 2 heterocycles. The Morgan fingerprint density at radius 2 is 2.07 bits per heavy atom. The zero-order valence-corrected chi connectivity index (χ0v) is 15.3. The lowest BCUT2D eigenvalue weighted by Gasteiger charge is -2.43. The number of likely N-dealkylation sites (tertiary alicyclic amines) is 1. The van der Waals surface area contributed by atoms with Crippen molar-refractivity contribution in [3.8, 4) is 0 Å². The van der Waals surface area contributed by atoms with Gasteiger partial charge in [-0.25, -0.2) is 4.98 Å². The lowest BCUT2D eigenvalue weighted by atomic mass is 9.73. The fraction of sp³-hybridized carbons (Fsp3) is 0.450. The minimum absolute atomic E-state index is 0.0387. The van der Waals surface area contributed by atoms with Crippen LogP contribution in [0.1, 0.15) is 41.2 Å². The summed E-state index contributed by atoms with van der Waals surface area (Å²) in [6.45, 7) is 1.89. The molecule has 2 atom stereocenters. The van der Waals surface area contributed by atoms with Gasteiger partial charge in [0, 0.05) is 20.0 Å². The van der Waals surface area contributed by atoms with Crippen molar-refractivity contribution in [2.75, 3.05) is 13.1 Å². The van der Waals surface area contributed by atoms with Gasteiger partial charge in [0.2, 0.25) is 0 Å². The molecule has 1 amide bonds. The van der Waals surface area contributed by atoms with Crippen LogP contribution in [0.25, 0.3) is 0 Å². The molecule has 144 valence electrons. The van der Waals surface area contributed by atoms with Crippen molar-refractivity contribution in [1.29, 1.82) is 0 Å². The van der Waals surface area contributed by atoms with Crippen LogP contribution >= 0.6 is 0 Å². The Hall–Kier alpha value is -2.67. The smallest absolute Gasteiger partial charge is 0.314 e. The van der Waals surface area contributed by atoms with E-state index < -0.39 is 17.5 Å². The van der Waals surface area contributed by atoms with Crippen LogP contribution in [-0.4, -0.2) is 51.2 Å². The zero-order valence-electron chi connectivity index (χ0n) is 15.3. The number of carboxylic acids is 1. The summed E-state index contributed by atoms with van der Waals surface area (Å²) in [7, 11) is 0. The van der Waals surface area contributed by atoms with Gasteiger partial charge < -0.3 is 19.5 Å². The third-order valence-corrected chi connectivity index (χ3v) is 5.27. The molecule has 2 N–H and O–H groups in total. The average Bonchev–Trinajstić information content (AvgIpc) is 3.10. The molecule has 1 aliphatic rings. The number of aliphatic carboxylic acids is 1. The van der Waals surface area contributed by atoms with Crippen LogP contribution in [-0.2, 0) is 11.2 Å². The summed E-state index contributed by atoms with van der Waals surface area (Å²) in [6.07, 6.45) is 2.13. The quantitative estimate of drug-likeness (QED) is 0.806. The van der Waals surface area contributed by atoms with Crippen molar-refractivity contribution < 1.29 is 24.2 Å². The van der Waals surface area contributed by atoms with Crippen LogP contribution in [0.15, 0.2) is 41.0 Å². The molecule has 3 rings (SSSR count). The van der Waals surface area contributed by atoms with E-state index in [0.717, 1.165) is 12.0 Å². The number of aromatic nitrogens is 1. The molecule has 0 spiro atoms. The first-order valence-electron chi connectivity index (χ1n) is 9.09. The molecule has 27 heavy (non-hydrogen) atoms. The molecular formula is C20H24N2O5. The third-order valence-electron chi connectivity index (χ3n) is 5.27. The van der Waals surface area contributed by atoms with Crippen LogP contribution < -0.4 is 0 Å². The van der Waals surface area contributed by atoms with Gasteiger partial charge in [0.25, 0.3) is 5.91 Å². The van der Waals surface area contributed by atoms with Gasteiger partial charge in [-0.2, -0.15) is 0 Å². The summed E-state index contributed by atoms with van der Waals surface area (Å²) in [5.41, 5.74) is -0.0941. The number of aliphatic hydroxyl groups is 1. The van der Waals surface area contributed by atoms with Crippen molar-refractivity contribution in [3.63, 3.8) is 0 Å². The predicted octanol–water partition coefficient (Wildman–Crippen LogP) is 2.28. The van der Waals surface area contributed by atoms with Crippen LogP contribution in [0, 0.1) is 12.3 Å². The number of carbonyl (C=O) groups is 2. The first-order chi connectivity index (χ1) is 12.9. The normalized spacial score (nSPS) is 22.6. The molecule has 0 aliphatic carbocycles. The largest absolute Gasteiger partial charge is 0.481 e. The molecule has 0 radical (unpaired) electrons. The lowest BCUT2D eigenvalue weighted by molar-refractivity contribution is -0.162. The Labute approximate surface area is 157 Å². The molecule has 1 aromatic heterocycles. The monoisotopic (exact) mass is 372 g/mol. The van der Waals surface area contributed by atoms with Gasteiger partial charge in [-0.1, -0.05) is 30.3 Å². The topological polar surface area (TPSA) is 104 Å². The number of nitrogens with zero attached hydrogens (tertiary/aromatic N) is 2. The number of rotatable bonds is 6. The van der Waals surface area contributed by atoms with E-state index in [0.29, 0.717) is 25.3 Å². The summed E-state index contributed by atoms with van der Waals surface area (Å²) in [5, 5.41) is 20.4. The van der Waals surface area contributed by atoms with Gasteiger partial charge in [0.05, 0.1) is 6.10 Å². The molecule has 0 unspecified atom stereocenters. The minimum atomic E-state index is -1.37. The number of hydrogen-bond acceptors (Lipinski definition) is 5. The maximum absolute atomic E-state index is 12.7. The second kappa shape index (κ2) is 7.92. The van der Waals surface area contributed by atoms with Crippen LogP contribution in [0.3, 0.4) is 0 Å². The van der Waals surface area contributed by atoms with Crippen molar-refractivity contribution >= 4 is 11.9 Å². The third kappa shape index (κ3) is 4.03. The Balaban J connectivity index is 1.73. The number of carbonyl (C=O) groups excluding carboxylic acids is 1. The van der Waals surface area contributed by atoms with E-state index in [1.807, 2.05) is 30.3 Å². The number of oxazole rings is 1. The summed E-state index contributed by atoms with van der Waals surface area (Å²) < 4.78 is 5.09. The lowest BCUT2D eigenvalue weighted by Crippen LogP contribution is -2.57. The number of aliphatic hydroxyl groups excluding tert-OH is 1. The Morgan fingerprint density at radius 1 is 1.33 bits per heavy atom. The SMILES string of the molecule is Cc1nc(C(=O)N2CC[C@H](O)[C@](CCCc3ccccc3)(C(=O)O)C2)co1. The highest BCUT2D eigenvalue weighted by Crippen LogP contribution is 2.36. The number of carboxylic acid groups (broad SMARTS) is 1. The standard InChI is InChI=1S/C20H24N2O5/c1-14-21-16(12-27-14)18(24)22-11-9-17(23)20(13-22,19(25)26)10-5-8-15-6-3-2-4-7-15/h2-4,6-7,12,17,23H,5,8-11,13H2,1H3,(H,25,26)/t17-,20+/m0/s1. The molecule has 7 nitrogen and oxygen atoms in total. The van der Waals surface area contributed by atoms with E-state index >= 15 is 0 Å². The second-order valence-corrected chi connectivity index (χ2v) is 7.08. The number of amides is 1. The number of hydrogen-bond donors (Lipinski definition) is 2. The highest BCUT2D eigenvalue weighted by atomic mass is 16.4. The van der Waals surface area contributed by atoms with Gasteiger partial charge >= 0.3 is 5.97 Å². The zero-order chi connectivity index (χ0) is 19.4. The van der Waals surface area contributed by atoms with E-state index in [1.54, 1.807) is 6.92 Å².